The lowest BCUT2D eigenvalue weighted by Gasteiger charge is -2.19. The quantitative estimate of drug-likeness (QED) is 0.785. The second kappa shape index (κ2) is 3.36. The minimum Gasteiger partial charge on any atom is -0.368 e. The highest BCUT2D eigenvalue weighted by Crippen LogP contribution is 2.36. The van der Waals surface area contributed by atoms with Gasteiger partial charge in [-0.25, -0.2) is 4.98 Å². The molecule has 2 N–H and O–H groups in total. The number of rotatable bonds is 2. The standard InChI is InChI=1S/C9H14N2OS/c1-9(3-2-4-12-9)8-11-7(5-10)6-13-8/h6H,2-5,10H2,1H3. The molecule has 72 valence electrons. The number of nitrogens with zero attached hydrogens (tertiary/aromatic N) is 1. The fourth-order valence-corrected chi connectivity index (χ4v) is 2.57. The van der Waals surface area contributed by atoms with Crippen molar-refractivity contribution in [2.75, 3.05) is 6.61 Å². The van der Waals surface area contributed by atoms with E-state index in [9.17, 15) is 0 Å². The highest BCUT2D eigenvalue weighted by molar-refractivity contribution is 7.09. The molecule has 0 aliphatic carbocycles. The fourth-order valence-electron chi connectivity index (χ4n) is 1.59. The summed E-state index contributed by atoms with van der Waals surface area (Å²) >= 11 is 1.65. The van der Waals surface area contributed by atoms with Crippen molar-refractivity contribution in [2.24, 2.45) is 5.73 Å². The molecular weight excluding hydrogens is 184 g/mol. The van der Waals surface area contributed by atoms with E-state index in [1.807, 2.05) is 5.38 Å². The third kappa shape index (κ3) is 1.61. The van der Waals surface area contributed by atoms with Gasteiger partial charge in [0.15, 0.2) is 0 Å². The van der Waals surface area contributed by atoms with Crippen LogP contribution in [0.15, 0.2) is 5.38 Å². The van der Waals surface area contributed by atoms with Gasteiger partial charge in [-0.3, -0.25) is 0 Å². The Morgan fingerprint density at radius 1 is 1.77 bits per heavy atom. The lowest BCUT2D eigenvalue weighted by atomic mass is 10.0. The molecule has 1 unspecified atom stereocenters. The van der Waals surface area contributed by atoms with Crippen LogP contribution in [0, 0.1) is 0 Å². The Bertz CT molecular complexity index is 292. The molecule has 0 spiro atoms. The van der Waals surface area contributed by atoms with Gasteiger partial charge in [0.05, 0.1) is 5.69 Å². The number of hydrogen-bond acceptors (Lipinski definition) is 4. The largest absolute Gasteiger partial charge is 0.368 e. The van der Waals surface area contributed by atoms with Gasteiger partial charge in [-0.2, -0.15) is 0 Å². The summed E-state index contributed by atoms with van der Waals surface area (Å²) in [6.07, 6.45) is 2.21. The molecule has 13 heavy (non-hydrogen) atoms. The number of aromatic nitrogens is 1. The normalized spacial score (nSPS) is 28.2. The Morgan fingerprint density at radius 2 is 2.62 bits per heavy atom. The SMILES string of the molecule is CC1(c2nc(CN)cs2)CCCO1. The highest BCUT2D eigenvalue weighted by atomic mass is 32.1. The van der Waals surface area contributed by atoms with Crippen LogP contribution in [0.25, 0.3) is 0 Å². The lowest BCUT2D eigenvalue weighted by molar-refractivity contribution is 0.0165. The maximum Gasteiger partial charge on any atom is 0.125 e. The van der Waals surface area contributed by atoms with E-state index < -0.39 is 0 Å². The molecule has 1 aliphatic heterocycles. The van der Waals surface area contributed by atoms with Gasteiger partial charge in [-0.1, -0.05) is 0 Å². The highest BCUT2D eigenvalue weighted by Gasteiger charge is 2.34. The Morgan fingerprint density at radius 3 is 3.15 bits per heavy atom. The molecule has 2 rings (SSSR count). The zero-order chi connectivity index (χ0) is 9.31. The van der Waals surface area contributed by atoms with Crippen LogP contribution >= 0.6 is 11.3 Å². The first-order valence-electron chi connectivity index (χ1n) is 4.53. The Hall–Kier alpha value is -0.450. The molecule has 1 atom stereocenters. The van der Waals surface area contributed by atoms with Crippen molar-refractivity contribution in [1.82, 2.24) is 4.98 Å². The van der Waals surface area contributed by atoms with E-state index in [4.69, 9.17) is 10.5 Å². The Kier molecular flexibility index (Phi) is 2.36. The second-order valence-electron chi connectivity index (χ2n) is 3.53. The van der Waals surface area contributed by atoms with Crippen molar-refractivity contribution < 1.29 is 4.74 Å². The van der Waals surface area contributed by atoms with E-state index in [0.29, 0.717) is 6.54 Å². The molecule has 1 aromatic heterocycles. The minimum absolute atomic E-state index is 0.141. The van der Waals surface area contributed by atoms with Crippen LogP contribution < -0.4 is 5.73 Å². The van der Waals surface area contributed by atoms with Crippen molar-refractivity contribution in [3.8, 4) is 0 Å². The monoisotopic (exact) mass is 198 g/mol. The minimum atomic E-state index is -0.141. The van der Waals surface area contributed by atoms with E-state index >= 15 is 0 Å². The van der Waals surface area contributed by atoms with E-state index in [2.05, 4.69) is 11.9 Å². The first kappa shape index (κ1) is 9.12. The van der Waals surface area contributed by atoms with Crippen molar-refractivity contribution in [1.29, 1.82) is 0 Å². The van der Waals surface area contributed by atoms with Gasteiger partial charge in [-0.05, 0) is 19.8 Å². The molecule has 0 bridgehead atoms. The molecule has 0 amide bonds. The molecule has 2 heterocycles. The molecule has 4 heteroatoms. The van der Waals surface area contributed by atoms with Crippen molar-refractivity contribution >= 4 is 11.3 Å². The predicted octanol–water partition coefficient (Wildman–Crippen LogP) is 1.63. The average Bonchev–Trinajstić information content (AvgIpc) is 2.72. The van der Waals surface area contributed by atoms with E-state index in [1.54, 1.807) is 11.3 Å². The van der Waals surface area contributed by atoms with Crippen molar-refractivity contribution in [3.63, 3.8) is 0 Å². The average molecular weight is 198 g/mol. The van der Waals surface area contributed by atoms with E-state index in [0.717, 1.165) is 30.2 Å². The van der Waals surface area contributed by atoms with Gasteiger partial charge in [-0.15, -0.1) is 11.3 Å². The summed E-state index contributed by atoms with van der Waals surface area (Å²) in [5, 5.41) is 3.09. The Labute approximate surface area is 81.9 Å². The van der Waals surface area contributed by atoms with Crippen LogP contribution in [-0.4, -0.2) is 11.6 Å². The van der Waals surface area contributed by atoms with Crippen LogP contribution in [0.5, 0.6) is 0 Å². The maximum absolute atomic E-state index is 5.69. The third-order valence-corrected chi connectivity index (χ3v) is 3.57. The predicted molar refractivity (Wildman–Crippen MR) is 52.5 cm³/mol. The van der Waals surface area contributed by atoms with Crippen LogP contribution in [0.4, 0.5) is 0 Å². The lowest BCUT2D eigenvalue weighted by Crippen LogP contribution is -2.19. The van der Waals surface area contributed by atoms with Crippen LogP contribution in [-0.2, 0) is 16.9 Å². The molecule has 0 aromatic carbocycles. The Balaban J connectivity index is 2.23. The zero-order valence-electron chi connectivity index (χ0n) is 7.75. The first-order chi connectivity index (χ1) is 6.24. The molecule has 0 radical (unpaired) electrons. The van der Waals surface area contributed by atoms with Crippen LogP contribution in [0.1, 0.15) is 30.5 Å². The molecule has 1 fully saturated rings. The van der Waals surface area contributed by atoms with Gasteiger partial charge < -0.3 is 10.5 Å². The van der Waals surface area contributed by atoms with Crippen molar-refractivity contribution in [2.45, 2.75) is 31.9 Å². The van der Waals surface area contributed by atoms with Crippen LogP contribution in [0.3, 0.4) is 0 Å². The number of nitrogens with two attached hydrogens (primary N) is 1. The molecule has 3 nitrogen and oxygen atoms in total. The summed E-state index contributed by atoms with van der Waals surface area (Å²) in [5.41, 5.74) is 6.34. The maximum atomic E-state index is 5.69. The number of ether oxygens (including phenoxy) is 1. The number of thiazole rings is 1. The molecule has 1 aliphatic rings. The summed E-state index contributed by atoms with van der Waals surface area (Å²) in [7, 11) is 0. The third-order valence-electron chi connectivity index (χ3n) is 2.43. The van der Waals surface area contributed by atoms with E-state index in [-0.39, 0.29) is 5.60 Å². The van der Waals surface area contributed by atoms with Gasteiger partial charge in [0.2, 0.25) is 0 Å². The van der Waals surface area contributed by atoms with E-state index in [1.165, 1.54) is 0 Å². The second-order valence-corrected chi connectivity index (χ2v) is 4.39. The smallest absolute Gasteiger partial charge is 0.125 e. The zero-order valence-corrected chi connectivity index (χ0v) is 8.56. The molecular formula is C9H14N2OS. The first-order valence-corrected chi connectivity index (χ1v) is 5.41. The van der Waals surface area contributed by atoms with Crippen LogP contribution in [0.2, 0.25) is 0 Å². The summed E-state index contributed by atoms with van der Waals surface area (Å²) in [5.74, 6) is 0. The van der Waals surface area contributed by atoms with Crippen molar-refractivity contribution in [3.05, 3.63) is 16.1 Å². The van der Waals surface area contributed by atoms with Gasteiger partial charge in [0.25, 0.3) is 0 Å². The molecule has 1 saturated heterocycles. The van der Waals surface area contributed by atoms with Gasteiger partial charge >= 0.3 is 0 Å². The summed E-state index contributed by atoms with van der Waals surface area (Å²) in [6, 6.07) is 0. The topological polar surface area (TPSA) is 48.1 Å². The molecule has 0 saturated carbocycles. The summed E-state index contributed by atoms with van der Waals surface area (Å²) in [6.45, 7) is 3.49. The fraction of sp³-hybridized carbons (Fsp3) is 0.667. The summed E-state index contributed by atoms with van der Waals surface area (Å²) in [4.78, 5) is 4.45. The van der Waals surface area contributed by atoms with Gasteiger partial charge in [0, 0.05) is 18.5 Å². The number of hydrogen-bond donors (Lipinski definition) is 1. The summed E-state index contributed by atoms with van der Waals surface area (Å²) < 4.78 is 5.69. The van der Waals surface area contributed by atoms with Gasteiger partial charge in [0.1, 0.15) is 10.6 Å². The molecule has 1 aromatic rings.